The Morgan fingerprint density at radius 3 is 2.80 bits per heavy atom. The van der Waals surface area contributed by atoms with Crippen LogP contribution in [0.2, 0.25) is 4.34 Å². The highest BCUT2D eigenvalue weighted by atomic mass is 35.5. The molecule has 0 saturated heterocycles. The minimum atomic E-state index is -0.634. The average molecular weight is 248 g/mol. The predicted molar refractivity (Wildman–Crippen MR) is 58.5 cm³/mol. The fourth-order valence-electron chi connectivity index (χ4n) is 0.895. The van der Waals surface area contributed by atoms with E-state index in [1.54, 1.807) is 6.07 Å². The van der Waals surface area contributed by atoms with E-state index in [4.69, 9.17) is 16.3 Å². The molecular formula is C9H10ClNO3S. The van der Waals surface area contributed by atoms with Gasteiger partial charge in [0.25, 0.3) is 11.7 Å². The molecule has 1 aromatic heterocycles. The number of methoxy groups -OCH3 is 1. The molecule has 6 heteroatoms. The van der Waals surface area contributed by atoms with Gasteiger partial charge >= 0.3 is 0 Å². The minimum absolute atomic E-state index is 0.320. The fourth-order valence-corrected chi connectivity index (χ4v) is 1.88. The summed E-state index contributed by atoms with van der Waals surface area (Å²) in [5, 5.41) is 2.44. The number of carbonyl (C=O) groups excluding carboxylic acids is 2. The Kier molecular flexibility index (Phi) is 4.74. The number of hydrogen-bond acceptors (Lipinski definition) is 4. The second-order valence-electron chi connectivity index (χ2n) is 2.68. The number of carbonyl (C=O) groups is 2. The Bertz CT molecular complexity index is 364. The maximum atomic E-state index is 11.5. The Labute approximate surface area is 96.2 Å². The summed E-state index contributed by atoms with van der Waals surface area (Å²) in [6.07, 6.45) is 0. The van der Waals surface area contributed by atoms with Crippen LogP contribution in [0, 0.1) is 0 Å². The van der Waals surface area contributed by atoms with Gasteiger partial charge in [0.05, 0.1) is 15.8 Å². The molecule has 0 fully saturated rings. The lowest BCUT2D eigenvalue weighted by molar-refractivity contribution is -0.117. The molecule has 1 aromatic rings. The normalized spacial score (nSPS) is 10.0. The molecule has 0 aliphatic rings. The van der Waals surface area contributed by atoms with E-state index in [1.807, 2.05) is 0 Å². The molecule has 4 nitrogen and oxygen atoms in total. The molecule has 1 heterocycles. The molecule has 0 saturated carbocycles. The molecule has 1 N–H and O–H groups in total. The summed E-state index contributed by atoms with van der Waals surface area (Å²) in [5.41, 5.74) is 0. The first-order valence-corrected chi connectivity index (χ1v) is 5.41. The van der Waals surface area contributed by atoms with Crippen molar-refractivity contribution in [2.75, 3.05) is 20.3 Å². The molecular weight excluding hydrogens is 238 g/mol. The van der Waals surface area contributed by atoms with Crippen LogP contribution in [0.1, 0.15) is 9.67 Å². The first kappa shape index (κ1) is 12.2. The number of ether oxygens (including phenoxy) is 1. The molecule has 15 heavy (non-hydrogen) atoms. The first-order valence-electron chi connectivity index (χ1n) is 4.22. The van der Waals surface area contributed by atoms with E-state index in [-0.39, 0.29) is 0 Å². The van der Waals surface area contributed by atoms with Gasteiger partial charge in [0.15, 0.2) is 0 Å². The average Bonchev–Trinajstić information content (AvgIpc) is 2.64. The van der Waals surface area contributed by atoms with Crippen molar-refractivity contribution in [2.24, 2.45) is 0 Å². The molecule has 0 atom stereocenters. The van der Waals surface area contributed by atoms with Crippen LogP contribution in [-0.4, -0.2) is 32.0 Å². The fraction of sp³-hybridized carbons (Fsp3) is 0.333. The van der Waals surface area contributed by atoms with Gasteiger partial charge in [0.2, 0.25) is 0 Å². The van der Waals surface area contributed by atoms with E-state index in [0.29, 0.717) is 22.4 Å². The lowest BCUT2D eigenvalue weighted by Crippen LogP contribution is -2.32. The number of hydrogen-bond donors (Lipinski definition) is 1. The van der Waals surface area contributed by atoms with E-state index in [9.17, 15) is 9.59 Å². The molecule has 1 amide bonds. The molecule has 82 valence electrons. The summed E-state index contributed by atoms with van der Waals surface area (Å²) >= 11 is 6.74. The van der Waals surface area contributed by atoms with Crippen molar-refractivity contribution in [1.29, 1.82) is 0 Å². The third-order valence-corrected chi connectivity index (χ3v) is 2.82. The molecule has 0 aliphatic carbocycles. The SMILES string of the molecule is COCCNC(=O)C(=O)c1ccc(Cl)s1. The zero-order valence-electron chi connectivity index (χ0n) is 8.08. The maximum Gasteiger partial charge on any atom is 0.293 e. The third-order valence-electron chi connectivity index (χ3n) is 1.59. The summed E-state index contributed by atoms with van der Waals surface area (Å²) < 4.78 is 5.23. The van der Waals surface area contributed by atoms with Crippen molar-refractivity contribution >= 4 is 34.6 Å². The van der Waals surface area contributed by atoms with Gasteiger partial charge in [-0.1, -0.05) is 11.6 Å². The van der Waals surface area contributed by atoms with E-state index in [1.165, 1.54) is 13.2 Å². The van der Waals surface area contributed by atoms with Gasteiger partial charge in [0, 0.05) is 13.7 Å². The summed E-state index contributed by atoms with van der Waals surface area (Å²) in [7, 11) is 1.52. The van der Waals surface area contributed by atoms with E-state index >= 15 is 0 Å². The summed E-state index contributed by atoms with van der Waals surface area (Å²) in [6.45, 7) is 0.699. The number of ketones is 1. The zero-order valence-corrected chi connectivity index (χ0v) is 9.65. The lowest BCUT2D eigenvalue weighted by atomic mass is 10.3. The molecule has 0 radical (unpaired) electrons. The Morgan fingerprint density at radius 1 is 1.53 bits per heavy atom. The van der Waals surface area contributed by atoms with Gasteiger partial charge in [-0.25, -0.2) is 0 Å². The van der Waals surface area contributed by atoms with Crippen LogP contribution in [0.4, 0.5) is 0 Å². The van der Waals surface area contributed by atoms with Crippen molar-refractivity contribution in [1.82, 2.24) is 5.32 Å². The van der Waals surface area contributed by atoms with Crippen molar-refractivity contribution in [3.63, 3.8) is 0 Å². The minimum Gasteiger partial charge on any atom is -0.383 e. The van der Waals surface area contributed by atoms with Crippen LogP contribution >= 0.6 is 22.9 Å². The molecule has 0 spiro atoms. The van der Waals surface area contributed by atoms with Crippen molar-refractivity contribution in [2.45, 2.75) is 0 Å². The quantitative estimate of drug-likeness (QED) is 0.485. The highest BCUT2D eigenvalue weighted by Gasteiger charge is 2.17. The Balaban J connectivity index is 2.50. The molecule has 0 aliphatic heterocycles. The van der Waals surface area contributed by atoms with Crippen molar-refractivity contribution in [3.05, 3.63) is 21.3 Å². The van der Waals surface area contributed by atoms with Crippen LogP contribution in [0.3, 0.4) is 0 Å². The molecule has 1 rings (SSSR count). The number of nitrogens with one attached hydrogen (secondary N) is 1. The van der Waals surface area contributed by atoms with Gasteiger partial charge in [-0.2, -0.15) is 0 Å². The number of thiophene rings is 1. The van der Waals surface area contributed by atoms with Crippen LogP contribution in [0.5, 0.6) is 0 Å². The number of halogens is 1. The Hall–Kier alpha value is -0.910. The predicted octanol–water partition coefficient (Wildman–Crippen LogP) is 1.35. The van der Waals surface area contributed by atoms with E-state index in [0.717, 1.165) is 11.3 Å². The topological polar surface area (TPSA) is 55.4 Å². The zero-order chi connectivity index (χ0) is 11.3. The van der Waals surface area contributed by atoms with Crippen LogP contribution in [-0.2, 0) is 9.53 Å². The maximum absolute atomic E-state index is 11.5. The van der Waals surface area contributed by atoms with Crippen LogP contribution < -0.4 is 5.32 Å². The highest BCUT2D eigenvalue weighted by Crippen LogP contribution is 2.21. The summed E-state index contributed by atoms with van der Waals surface area (Å²) in [6, 6.07) is 3.12. The van der Waals surface area contributed by atoms with Crippen LogP contribution in [0.25, 0.3) is 0 Å². The number of Topliss-reactive ketones (excluding diaryl/α,β-unsaturated/α-hetero) is 1. The van der Waals surface area contributed by atoms with Gasteiger partial charge < -0.3 is 10.1 Å². The molecule has 0 aromatic carbocycles. The Morgan fingerprint density at radius 2 is 2.27 bits per heavy atom. The van der Waals surface area contributed by atoms with Gasteiger partial charge in [-0.05, 0) is 12.1 Å². The van der Waals surface area contributed by atoms with Crippen LogP contribution in [0.15, 0.2) is 12.1 Å². The first-order chi connectivity index (χ1) is 7.15. The largest absolute Gasteiger partial charge is 0.383 e. The monoisotopic (exact) mass is 247 g/mol. The van der Waals surface area contributed by atoms with Gasteiger partial charge in [0.1, 0.15) is 0 Å². The van der Waals surface area contributed by atoms with Gasteiger partial charge in [-0.3, -0.25) is 9.59 Å². The lowest BCUT2D eigenvalue weighted by Gasteiger charge is -2.01. The number of amides is 1. The second kappa shape index (κ2) is 5.85. The van der Waals surface area contributed by atoms with E-state index < -0.39 is 11.7 Å². The number of rotatable bonds is 5. The van der Waals surface area contributed by atoms with E-state index in [2.05, 4.69) is 5.32 Å². The summed E-state index contributed by atoms with van der Waals surface area (Å²) in [5.74, 6) is -1.20. The molecule has 0 bridgehead atoms. The second-order valence-corrected chi connectivity index (χ2v) is 4.40. The standard InChI is InChI=1S/C9H10ClNO3S/c1-14-5-4-11-9(13)8(12)6-2-3-7(10)15-6/h2-3H,4-5H2,1H3,(H,11,13). The highest BCUT2D eigenvalue weighted by molar-refractivity contribution is 7.18. The van der Waals surface area contributed by atoms with Crippen molar-refractivity contribution < 1.29 is 14.3 Å². The third kappa shape index (κ3) is 3.62. The summed E-state index contributed by atoms with van der Waals surface area (Å²) in [4.78, 5) is 23.1. The smallest absolute Gasteiger partial charge is 0.293 e. The van der Waals surface area contributed by atoms with Gasteiger partial charge in [-0.15, -0.1) is 11.3 Å². The molecule has 0 unspecified atom stereocenters. The van der Waals surface area contributed by atoms with Crippen molar-refractivity contribution in [3.8, 4) is 0 Å².